The molecule has 2 aliphatic heterocycles. The number of carbonyl (C=O) groups is 1. The van der Waals surface area contributed by atoms with E-state index in [4.69, 9.17) is 0 Å². The van der Waals surface area contributed by atoms with Gasteiger partial charge < -0.3 is 14.8 Å². The number of carbonyl (C=O) groups excluding carboxylic acids is 1. The van der Waals surface area contributed by atoms with Crippen LogP contribution in [0.2, 0.25) is 0 Å². The standard InChI is InChI=1S/C24H25N5O3S/c1-28-15-13-25-23(28)21(17-8-3-2-4-9-17)26-24(30)18-10-7-14-29(16-18)22-19-11-5-6-12-20(19)33(31,32)27-22/h2-6,8-9,11-13,15,18,21H,7,10,14,16H2,1H3,(H,26,30). The van der Waals surface area contributed by atoms with E-state index in [2.05, 4.69) is 14.7 Å². The highest BCUT2D eigenvalue weighted by Crippen LogP contribution is 2.30. The maximum Gasteiger partial charge on any atom is 0.285 e. The first-order chi connectivity index (χ1) is 15.9. The van der Waals surface area contributed by atoms with Crippen LogP contribution in [-0.4, -0.2) is 47.7 Å². The molecule has 3 heterocycles. The number of benzene rings is 2. The summed E-state index contributed by atoms with van der Waals surface area (Å²) < 4.78 is 30.9. The SMILES string of the molecule is Cn1ccnc1C(NC(=O)C1CCCN(C2=NS(=O)(=O)c3ccccc32)C1)c1ccccc1. The first kappa shape index (κ1) is 21.4. The van der Waals surface area contributed by atoms with Crippen molar-refractivity contribution in [3.63, 3.8) is 0 Å². The molecule has 0 spiro atoms. The average Bonchev–Trinajstić information content (AvgIpc) is 3.38. The zero-order chi connectivity index (χ0) is 23.0. The van der Waals surface area contributed by atoms with Crippen LogP contribution >= 0.6 is 0 Å². The smallest absolute Gasteiger partial charge is 0.285 e. The molecule has 8 nitrogen and oxygen atoms in total. The maximum atomic E-state index is 13.4. The Kier molecular flexibility index (Phi) is 5.49. The van der Waals surface area contributed by atoms with Crippen LogP contribution in [-0.2, 0) is 21.9 Å². The third-order valence-corrected chi connectivity index (χ3v) is 7.57. The second kappa shape index (κ2) is 8.47. The molecule has 3 aromatic rings. The van der Waals surface area contributed by atoms with Crippen molar-refractivity contribution in [2.75, 3.05) is 13.1 Å². The van der Waals surface area contributed by atoms with Crippen LogP contribution in [0.25, 0.3) is 0 Å². The molecule has 2 aliphatic rings. The highest BCUT2D eigenvalue weighted by molar-refractivity contribution is 7.90. The van der Waals surface area contributed by atoms with E-state index in [1.807, 2.05) is 53.0 Å². The highest BCUT2D eigenvalue weighted by atomic mass is 32.2. The Morgan fingerprint density at radius 2 is 1.88 bits per heavy atom. The van der Waals surface area contributed by atoms with Crippen LogP contribution in [0.3, 0.4) is 0 Å². The van der Waals surface area contributed by atoms with Gasteiger partial charge in [0.1, 0.15) is 16.8 Å². The molecule has 1 saturated heterocycles. The highest BCUT2D eigenvalue weighted by Gasteiger charge is 2.36. The van der Waals surface area contributed by atoms with Crippen LogP contribution in [0.15, 0.2) is 76.3 Å². The summed E-state index contributed by atoms with van der Waals surface area (Å²) in [5.74, 6) is 0.823. The third kappa shape index (κ3) is 4.04. The molecule has 0 saturated carbocycles. The molecule has 1 amide bonds. The van der Waals surface area contributed by atoms with Crippen LogP contribution in [0.5, 0.6) is 0 Å². The number of hydrogen-bond acceptors (Lipinski definition) is 5. The number of nitrogens with zero attached hydrogens (tertiary/aromatic N) is 4. The number of hydrogen-bond donors (Lipinski definition) is 1. The number of nitrogens with one attached hydrogen (secondary N) is 1. The van der Waals surface area contributed by atoms with Crippen molar-refractivity contribution >= 4 is 21.8 Å². The number of aromatic nitrogens is 2. The average molecular weight is 464 g/mol. The van der Waals surface area contributed by atoms with Crippen molar-refractivity contribution in [2.24, 2.45) is 17.4 Å². The van der Waals surface area contributed by atoms with E-state index in [0.717, 1.165) is 24.2 Å². The van der Waals surface area contributed by atoms with Crippen LogP contribution in [0, 0.1) is 5.92 Å². The molecule has 2 unspecified atom stereocenters. The Balaban J connectivity index is 1.38. The molecule has 2 aromatic carbocycles. The van der Waals surface area contributed by atoms with Crippen molar-refractivity contribution in [1.82, 2.24) is 19.8 Å². The van der Waals surface area contributed by atoms with Crippen molar-refractivity contribution < 1.29 is 13.2 Å². The van der Waals surface area contributed by atoms with Gasteiger partial charge in [0.05, 0.1) is 5.92 Å². The lowest BCUT2D eigenvalue weighted by atomic mass is 9.95. The third-order valence-electron chi connectivity index (χ3n) is 6.24. The van der Waals surface area contributed by atoms with Gasteiger partial charge in [0, 0.05) is 38.1 Å². The second-order valence-corrected chi connectivity index (χ2v) is 9.99. The van der Waals surface area contributed by atoms with E-state index in [1.165, 1.54) is 0 Å². The van der Waals surface area contributed by atoms with E-state index < -0.39 is 10.0 Å². The number of imidazole rings is 1. The minimum absolute atomic E-state index is 0.0775. The second-order valence-electron chi connectivity index (χ2n) is 8.42. The lowest BCUT2D eigenvalue weighted by Crippen LogP contribution is -2.46. The molecule has 33 heavy (non-hydrogen) atoms. The van der Waals surface area contributed by atoms with Crippen LogP contribution in [0.4, 0.5) is 0 Å². The predicted molar refractivity (Wildman–Crippen MR) is 124 cm³/mol. The van der Waals surface area contributed by atoms with Gasteiger partial charge in [-0.1, -0.05) is 42.5 Å². The van der Waals surface area contributed by atoms with Gasteiger partial charge in [-0.3, -0.25) is 4.79 Å². The number of amides is 1. The van der Waals surface area contributed by atoms with Gasteiger partial charge in [0.25, 0.3) is 10.0 Å². The zero-order valence-electron chi connectivity index (χ0n) is 18.3. The number of aryl methyl sites for hydroxylation is 1. The first-order valence-corrected chi connectivity index (χ1v) is 12.4. The maximum absolute atomic E-state index is 13.4. The molecule has 5 rings (SSSR count). The topological polar surface area (TPSA) is 96.7 Å². The Bertz CT molecular complexity index is 1320. The monoisotopic (exact) mass is 463 g/mol. The van der Waals surface area contributed by atoms with Gasteiger partial charge in [-0.15, -0.1) is 4.40 Å². The Morgan fingerprint density at radius 1 is 1.12 bits per heavy atom. The van der Waals surface area contributed by atoms with Crippen molar-refractivity contribution in [2.45, 2.75) is 23.8 Å². The van der Waals surface area contributed by atoms with Gasteiger partial charge in [0.2, 0.25) is 5.91 Å². The molecule has 0 bridgehead atoms. The van der Waals surface area contributed by atoms with Gasteiger partial charge in [-0.05, 0) is 30.5 Å². The molecule has 1 N–H and O–H groups in total. The lowest BCUT2D eigenvalue weighted by molar-refractivity contribution is -0.126. The molecule has 0 radical (unpaired) electrons. The minimum atomic E-state index is -3.70. The van der Waals surface area contributed by atoms with Crippen molar-refractivity contribution in [1.29, 1.82) is 0 Å². The van der Waals surface area contributed by atoms with E-state index in [1.54, 1.807) is 30.5 Å². The normalized spacial score (nSPS) is 20.1. The molecule has 1 aromatic heterocycles. The molecular formula is C24H25N5O3S. The summed E-state index contributed by atoms with van der Waals surface area (Å²) >= 11 is 0. The minimum Gasteiger partial charge on any atom is -0.355 e. The van der Waals surface area contributed by atoms with E-state index in [0.29, 0.717) is 24.5 Å². The lowest BCUT2D eigenvalue weighted by Gasteiger charge is -2.34. The Morgan fingerprint density at radius 3 is 2.64 bits per heavy atom. The van der Waals surface area contributed by atoms with Gasteiger partial charge in [-0.25, -0.2) is 4.98 Å². The number of piperidine rings is 1. The summed E-state index contributed by atoms with van der Waals surface area (Å²) in [4.78, 5) is 20.0. The fourth-order valence-electron chi connectivity index (χ4n) is 4.56. The van der Waals surface area contributed by atoms with Gasteiger partial charge in [0.15, 0.2) is 5.84 Å². The number of fused-ring (bicyclic) bond motifs is 1. The number of likely N-dealkylation sites (tertiary alicyclic amines) is 1. The zero-order valence-corrected chi connectivity index (χ0v) is 19.1. The summed E-state index contributed by atoms with van der Waals surface area (Å²) in [6.07, 6.45) is 5.08. The summed E-state index contributed by atoms with van der Waals surface area (Å²) in [6.45, 7) is 1.07. The molecule has 1 fully saturated rings. The van der Waals surface area contributed by atoms with Gasteiger partial charge >= 0.3 is 0 Å². The summed E-state index contributed by atoms with van der Waals surface area (Å²) in [5.41, 5.74) is 1.56. The number of sulfonamides is 1. The largest absolute Gasteiger partial charge is 0.355 e. The number of amidine groups is 1. The molecule has 170 valence electrons. The molecule has 9 heteroatoms. The Hall–Kier alpha value is -3.46. The first-order valence-electron chi connectivity index (χ1n) is 11.0. The molecule has 0 aliphatic carbocycles. The summed E-state index contributed by atoms with van der Waals surface area (Å²) in [6, 6.07) is 16.2. The molecule has 2 atom stereocenters. The summed E-state index contributed by atoms with van der Waals surface area (Å²) in [5, 5.41) is 3.19. The predicted octanol–water partition coefficient (Wildman–Crippen LogP) is 2.49. The van der Waals surface area contributed by atoms with Crippen molar-refractivity contribution in [3.05, 3.63) is 83.9 Å². The number of rotatable bonds is 4. The van der Waals surface area contributed by atoms with Crippen LogP contribution < -0.4 is 5.32 Å². The summed E-state index contributed by atoms with van der Waals surface area (Å²) in [7, 11) is -1.79. The fourth-order valence-corrected chi connectivity index (χ4v) is 5.79. The van der Waals surface area contributed by atoms with Crippen molar-refractivity contribution in [3.8, 4) is 0 Å². The van der Waals surface area contributed by atoms with Gasteiger partial charge in [-0.2, -0.15) is 8.42 Å². The van der Waals surface area contributed by atoms with E-state index in [9.17, 15) is 13.2 Å². The molecular weight excluding hydrogens is 438 g/mol. The quantitative estimate of drug-likeness (QED) is 0.641. The fraction of sp³-hybridized carbons (Fsp3) is 0.292. The van der Waals surface area contributed by atoms with E-state index >= 15 is 0 Å². The van der Waals surface area contributed by atoms with Crippen LogP contribution in [0.1, 0.15) is 35.8 Å². The Labute approximate surface area is 193 Å². The van der Waals surface area contributed by atoms with E-state index in [-0.39, 0.29) is 22.8 Å².